The van der Waals surface area contributed by atoms with Crippen molar-refractivity contribution in [3.8, 4) is 0 Å². The first-order valence-electron chi connectivity index (χ1n) is 0.408. The molecule has 0 aromatic heterocycles. The highest BCUT2D eigenvalue weighted by atomic mass is 35.5. The van der Waals surface area contributed by atoms with Gasteiger partial charge in [-0.15, -0.1) is 0 Å². The predicted molar refractivity (Wildman–Crippen MR) is 9.05 cm³/mol. The maximum Gasteiger partial charge on any atom is 0.123 e. The number of hydrogen-bond acceptors (Lipinski definition) is 0. The molecule has 0 heterocycles. The second-order valence-corrected chi connectivity index (χ2v) is 0. The molecular formula is CH4Cl3N-2. The van der Waals surface area contributed by atoms with Gasteiger partial charge in [0.2, 0.25) is 0 Å². The van der Waals surface area contributed by atoms with Gasteiger partial charge in [0.05, 0.1) is 0 Å². The third-order valence-corrected chi connectivity index (χ3v) is 0. The van der Waals surface area contributed by atoms with Crippen LogP contribution in [0.1, 0.15) is 0 Å². The lowest BCUT2D eigenvalue weighted by Crippen LogP contribution is -3.00. The molecular weight excluding hydrogens is 132 g/mol. The number of hydrogen-bond donors (Lipinski definition) is 1. The van der Waals surface area contributed by atoms with E-state index in [1.165, 1.54) is 0 Å². The largest absolute Gasteiger partial charge is 1.00 e. The standard InChI is InChI=1S/CH3N.3ClH/c1-2;;;/h2H,1H2;3*1H/p-2. The molecule has 0 aliphatic heterocycles. The van der Waals surface area contributed by atoms with E-state index in [9.17, 15) is 0 Å². The molecule has 0 aliphatic carbocycles. The van der Waals surface area contributed by atoms with Gasteiger partial charge in [-0.2, -0.15) is 0 Å². The van der Waals surface area contributed by atoms with E-state index in [4.69, 9.17) is 0 Å². The summed E-state index contributed by atoms with van der Waals surface area (Å²) in [6.07, 6.45) is 0. The molecule has 5 heavy (non-hydrogen) atoms. The van der Waals surface area contributed by atoms with E-state index in [1.807, 2.05) is 0 Å². The SMILES string of the molecule is C=[NH2+].[Cl-].[Cl-].[Cl-]. The van der Waals surface area contributed by atoms with E-state index in [2.05, 4.69) is 12.1 Å². The van der Waals surface area contributed by atoms with Crippen LogP contribution in [0.4, 0.5) is 0 Å². The molecule has 0 amide bonds. The molecule has 36 valence electrons. The summed E-state index contributed by atoms with van der Waals surface area (Å²) in [5, 5.41) is 4.25. The average molecular weight is 136 g/mol. The molecule has 0 fully saturated rings. The fraction of sp³-hybridized carbons (Fsp3) is 0. The van der Waals surface area contributed by atoms with Crippen molar-refractivity contribution < 1.29 is 42.6 Å². The minimum atomic E-state index is 0. The van der Waals surface area contributed by atoms with Gasteiger partial charge in [-0.25, -0.2) is 0 Å². The van der Waals surface area contributed by atoms with Crippen LogP contribution in [0.2, 0.25) is 0 Å². The Labute approximate surface area is 49.9 Å². The summed E-state index contributed by atoms with van der Waals surface area (Å²) in [5.41, 5.74) is 0. The lowest BCUT2D eigenvalue weighted by molar-refractivity contribution is -0.0980. The van der Waals surface area contributed by atoms with E-state index in [0.717, 1.165) is 0 Å². The Kier molecular flexibility index (Phi) is 1880. The van der Waals surface area contributed by atoms with Crippen molar-refractivity contribution in [2.75, 3.05) is 0 Å². The Balaban J connectivity index is -0.00000000167. The Bertz CT molecular complexity index is 6.85. The molecule has 1 nitrogen and oxygen atoms in total. The van der Waals surface area contributed by atoms with Gasteiger partial charge >= 0.3 is 0 Å². The fourth-order valence-electron chi connectivity index (χ4n) is 0. The third-order valence-electron chi connectivity index (χ3n) is 0. The summed E-state index contributed by atoms with van der Waals surface area (Å²) in [5.74, 6) is 0. The van der Waals surface area contributed by atoms with Crippen LogP contribution >= 0.6 is 0 Å². The van der Waals surface area contributed by atoms with Gasteiger partial charge in [-0.3, -0.25) is 5.41 Å². The Morgan fingerprint density at radius 2 is 0.800 bits per heavy atom. The minimum Gasteiger partial charge on any atom is -1.00 e. The highest BCUT2D eigenvalue weighted by molar-refractivity contribution is 5.10. The molecule has 0 aliphatic rings. The van der Waals surface area contributed by atoms with Gasteiger partial charge in [0.1, 0.15) is 6.72 Å². The molecule has 0 saturated heterocycles. The van der Waals surface area contributed by atoms with Crippen molar-refractivity contribution in [2.45, 2.75) is 0 Å². The van der Waals surface area contributed by atoms with Crippen LogP contribution < -0.4 is 42.6 Å². The average Bonchev–Trinajstić information content (AvgIpc) is 1.00. The quantitative estimate of drug-likeness (QED) is 0.320. The zero-order valence-electron chi connectivity index (χ0n) is 2.42. The van der Waals surface area contributed by atoms with Crippen molar-refractivity contribution in [2.24, 2.45) is 0 Å². The summed E-state index contributed by atoms with van der Waals surface area (Å²) < 4.78 is 0. The zero-order chi connectivity index (χ0) is 2.00. The van der Waals surface area contributed by atoms with E-state index in [-0.39, 0.29) is 37.2 Å². The van der Waals surface area contributed by atoms with Crippen LogP contribution in [0, 0.1) is 0 Å². The predicted octanol–water partition coefficient (Wildman–Crippen LogP) is -10.5. The molecule has 0 rings (SSSR count). The first-order chi connectivity index (χ1) is 1.00. The van der Waals surface area contributed by atoms with Crippen molar-refractivity contribution >= 4 is 6.72 Å². The zero-order valence-corrected chi connectivity index (χ0v) is 4.69. The number of rotatable bonds is 0. The number of halogens is 3. The highest BCUT2D eigenvalue weighted by Gasteiger charge is 0.662. The maximum absolute atomic E-state index is 4.25. The van der Waals surface area contributed by atoms with E-state index < -0.39 is 0 Å². The lowest BCUT2D eigenvalue weighted by atomic mass is 11.8. The van der Waals surface area contributed by atoms with Crippen LogP contribution in [0.5, 0.6) is 0 Å². The molecule has 0 aromatic rings. The Morgan fingerprint density at radius 1 is 0.800 bits per heavy atom. The van der Waals surface area contributed by atoms with Crippen LogP contribution in [-0.2, 0) is 0 Å². The van der Waals surface area contributed by atoms with Gasteiger partial charge in [-0.1, -0.05) is 0 Å². The summed E-state index contributed by atoms with van der Waals surface area (Å²) in [6.45, 7) is 2.75. The first-order valence-corrected chi connectivity index (χ1v) is 0.408. The van der Waals surface area contributed by atoms with Crippen LogP contribution in [0.25, 0.3) is 0 Å². The van der Waals surface area contributed by atoms with E-state index in [1.54, 1.807) is 0 Å². The van der Waals surface area contributed by atoms with Crippen molar-refractivity contribution in [1.29, 1.82) is 0 Å². The lowest BCUT2D eigenvalue weighted by Gasteiger charge is -1.00. The van der Waals surface area contributed by atoms with E-state index in [0.29, 0.717) is 0 Å². The van der Waals surface area contributed by atoms with Crippen molar-refractivity contribution in [3.05, 3.63) is 0 Å². The second-order valence-electron chi connectivity index (χ2n) is 0. The molecule has 0 spiro atoms. The van der Waals surface area contributed by atoms with E-state index >= 15 is 0 Å². The maximum atomic E-state index is 4.25. The van der Waals surface area contributed by atoms with Crippen molar-refractivity contribution in [1.82, 2.24) is 0 Å². The molecule has 4 heteroatoms. The van der Waals surface area contributed by atoms with Crippen molar-refractivity contribution in [3.63, 3.8) is 0 Å². The van der Waals surface area contributed by atoms with Crippen LogP contribution in [-0.4, -0.2) is 6.72 Å². The fourth-order valence-corrected chi connectivity index (χ4v) is 0. The Hall–Kier alpha value is 0.540. The summed E-state index contributed by atoms with van der Waals surface area (Å²) >= 11 is 0. The normalized spacial score (nSPS) is 0.800. The molecule has 0 radical (unpaired) electrons. The summed E-state index contributed by atoms with van der Waals surface area (Å²) in [4.78, 5) is 0. The van der Waals surface area contributed by atoms with Gasteiger partial charge in [0, 0.05) is 0 Å². The topological polar surface area (TPSA) is 25.6 Å². The molecule has 0 unspecified atom stereocenters. The third kappa shape index (κ3) is 100. The van der Waals surface area contributed by atoms with Gasteiger partial charge in [0.25, 0.3) is 0 Å². The second kappa shape index (κ2) is 195. The van der Waals surface area contributed by atoms with Crippen LogP contribution in [0.15, 0.2) is 0 Å². The molecule has 0 saturated carbocycles. The summed E-state index contributed by atoms with van der Waals surface area (Å²) in [7, 11) is 0. The van der Waals surface area contributed by atoms with Crippen LogP contribution in [0.3, 0.4) is 0 Å². The molecule has 0 aromatic carbocycles. The first kappa shape index (κ1) is 48.1. The molecule has 2 N–H and O–H groups in total. The summed E-state index contributed by atoms with van der Waals surface area (Å²) in [6, 6.07) is 0. The smallest absolute Gasteiger partial charge is 0.123 e. The van der Waals surface area contributed by atoms with Gasteiger partial charge in [0.15, 0.2) is 0 Å². The minimum absolute atomic E-state index is 0. The number of nitrogens with two attached hydrogens (primary N) is 1. The highest BCUT2D eigenvalue weighted by Crippen LogP contribution is -0.0193. The Morgan fingerprint density at radius 3 is 0.800 bits per heavy atom. The molecule has 0 atom stereocenters. The van der Waals surface area contributed by atoms with Gasteiger partial charge < -0.3 is 37.2 Å². The monoisotopic (exact) mass is 135 g/mol. The molecule has 0 bridgehead atoms. The van der Waals surface area contributed by atoms with Gasteiger partial charge in [-0.05, 0) is 0 Å².